The fourth-order valence-electron chi connectivity index (χ4n) is 2.74. The van der Waals surface area contributed by atoms with Crippen molar-refractivity contribution >= 4 is 10.8 Å². The van der Waals surface area contributed by atoms with Crippen LogP contribution < -0.4 is 0 Å². The summed E-state index contributed by atoms with van der Waals surface area (Å²) in [6.07, 6.45) is 3.10. The molecule has 0 spiro atoms. The number of unbranched alkanes of at least 4 members (excludes halogenated alkanes) is 1. The number of fused-ring (bicyclic) bond motifs is 1. The average Bonchev–Trinajstić information content (AvgIpc) is 2.63. The molecule has 0 aliphatic carbocycles. The summed E-state index contributed by atoms with van der Waals surface area (Å²) in [7, 11) is 0. The van der Waals surface area contributed by atoms with Crippen LogP contribution in [-0.4, -0.2) is 0 Å². The van der Waals surface area contributed by atoms with Gasteiger partial charge in [0.2, 0.25) is 0 Å². The summed E-state index contributed by atoms with van der Waals surface area (Å²) in [4.78, 5) is 0. The molecular weight excluding hydrogens is 340 g/mol. The largest absolute Gasteiger partial charge is 0.205 e. The lowest BCUT2D eigenvalue weighted by Gasteiger charge is -2.05. The molecule has 3 aromatic rings. The van der Waals surface area contributed by atoms with Crippen LogP contribution in [0.4, 0.5) is 17.6 Å². The molecule has 0 radical (unpaired) electrons. The molecule has 0 aromatic heterocycles. The molecule has 3 aromatic carbocycles. The molecule has 0 N–H and O–H groups in total. The highest BCUT2D eigenvalue weighted by Crippen LogP contribution is 2.23. The van der Waals surface area contributed by atoms with E-state index in [1.54, 1.807) is 12.1 Å². The highest BCUT2D eigenvalue weighted by Gasteiger charge is 2.10. The summed E-state index contributed by atoms with van der Waals surface area (Å²) >= 11 is 0. The third-order valence-corrected chi connectivity index (χ3v) is 4.16. The zero-order chi connectivity index (χ0) is 18.7. The third-order valence-electron chi connectivity index (χ3n) is 4.16. The Morgan fingerprint density at radius 3 is 2.23 bits per heavy atom. The van der Waals surface area contributed by atoms with Gasteiger partial charge in [-0.25, -0.2) is 17.6 Å². The molecule has 0 nitrogen and oxygen atoms in total. The van der Waals surface area contributed by atoms with E-state index < -0.39 is 23.3 Å². The first-order chi connectivity index (χ1) is 12.5. The Morgan fingerprint density at radius 1 is 0.808 bits per heavy atom. The summed E-state index contributed by atoms with van der Waals surface area (Å²) in [6, 6.07) is 10.4. The van der Waals surface area contributed by atoms with Crippen molar-refractivity contribution in [1.29, 1.82) is 0 Å². The van der Waals surface area contributed by atoms with Crippen LogP contribution in [-0.2, 0) is 6.42 Å². The molecule has 26 heavy (non-hydrogen) atoms. The molecule has 0 bridgehead atoms. The van der Waals surface area contributed by atoms with Crippen LogP contribution in [0.3, 0.4) is 0 Å². The number of hydrogen-bond acceptors (Lipinski definition) is 0. The molecule has 0 aliphatic rings. The summed E-state index contributed by atoms with van der Waals surface area (Å²) in [5, 5.41) is 1.22. The van der Waals surface area contributed by atoms with E-state index in [1.165, 1.54) is 6.07 Å². The van der Waals surface area contributed by atoms with Crippen LogP contribution in [0.25, 0.3) is 10.8 Å². The predicted molar refractivity (Wildman–Crippen MR) is 94.8 cm³/mol. The lowest BCUT2D eigenvalue weighted by atomic mass is 10.0. The Labute approximate surface area is 149 Å². The topological polar surface area (TPSA) is 0 Å². The van der Waals surface area contributed by atoms with Crippen molar-refractivity contribution in [2.45, 2.75) is 26.2 Å². The number of rotatable bonds is 3. The number of aryl methyl sites for hydroxylation is 1. The summed E-state index contributed by atoms with van der Waals surface area (Å²) in [5.41, 5.74) is 1.20. The second-order valence-electron chi connectivity index (χ2n) is 6.09. The molecule has 0 atom stereocenters. The van der Waals surface area contributed by atoms with Gasteiger partial charge in [0.05, 0.1) is 5.56 Å². The monoisotopic (exact) mass is 356 g/mol. The molecule has 0 saturated heterocycles. The zero-order valence-electron chi connectivity index (χ0n) is 14.2. The van der Waals surface area contributed by atoms with Gasteiger partial charge < -0.3 is 0 Å². The van der Waals surface area contributed by atoms with E-state index in [0.717, 1.165) is 42.3 Å². The van der Waals surface area contributed by atoms with Crippen LogP contribution >= 0.6 is 0 Å². The van der Waals surface area contributed by atoms with E-state index >= 15 is 0 Å². The first kappa shape index (κ1) is 18.0. The SMILES string of the molecule is CCCCc1ccc2c(F)c(C#Cc3cc(F)c(F)c(F)c3)ccc2c1. The van der Waals surface area contributed by atoms with E-state index in [4.69, 9.17) is 0 Å². The second kappa shape index (κ2) is 7.61. The quantitative estimate of drug-likeness (QED) is 0.300. The van der Waals surface area contributed by atoms with Gasteiger partial charge in [-0.3, -0.25) is 0 Å². The molecule has 0 fully saturated rings. The molecule has 3 rings (SSSR count). The van der Waals surface area contributed by atoms with Crippen LogP contribution in [0, 0.1) is 35.1 Å². The average molecular weight is 356 g/mol. The van der Waals surface area contributed by atoms with E-state index in [0.29, 0.717) is 5.39 Å². The lowest BCUT2D eigenvalue weighted by molar-refractivity contribution is 0.446. The Bertz CT molecular complexity index is 1000. The minimum Gasteiger partial charge on any atom is -0.205 e. The predicted octanol–water partition coefficient (Wildman–Crippen LogP) is 6.14. The molecule has 0 saturated carbocycles. The second-order valence-corrected chi connectivity index (χ2v) is 6.09. The minimum absolute atomic E-state index is 0.0594. The summed E-state index contributed by atoms with van der Waals surface area (Å²) < 4.78 is 54.1. The first-order valence-electron chi connectivity index (χ1n) is 8.37. The number of benzene rings is 3. The highest BCUT2D eigenvalue weighted by molar-refractivity contribution is 5.85. The van der Waals surface area contributed by atoms with Crippen molar-refractivity contribution in [1.82, 2.24) is 0 Å². The van der Waals surface area contributed by atoms with Crippen molar-refractivity contribution < 1.29 is 17.6 Å². The van der Waals surface area contributed by atoms with Gasteiger partial charge in [0, 0.05) is 10.9 Å². The smallest absolute Gasteiger partial charge is 0.194 e. The summed E-state index contributed by atoms with van der Waals surface area (Å²) in [6.45, 7) is 2.12. The highest BCUT2D eigenvalue weighted by atomic mass is 19.2. The van der Waals surface area contributed by atoms with Gasteiger partial charge in [-0.1, -0.05) is 49.5 Å². The molecule has 0 aliphatic heterocycles. The lowest BCUT2D eigenvalue weighted by Crippen LogP contribution is -1.92. The first-order valence-corrected chi connectivity index (χ1v) is 8.37. The molecular formula is C22H16F4. The third kappa shape index (κ3) is 3.72. The van der Waals surface area contributed by atoms with Crippen molar-refractivity contribution in [3.63, 3.8) is 0 Å². The maximum Gasteiger partial charge on any atom is 0.194 e. The van der Waals surface area contributed by atoms with Crippen LogP contribution in [0.2, 0.25) is 0 Å². The molecule has 132 valence electrons. The van der Waals surface area contributed by atoms with Gasteiger partial charge >= 0.3 is 0 Å². The van der Waals surface area contributed by atoms with Crippen molar-refractivity contribution in [3.05, 3.63) is 82.4 Å². The maximum atomic E-state index is 14.7. The number of hydrogen-bond donors (Lipinski definition) is 0. The van der Waals surface area contributed by atoms with E-state index in [9.17, 15) is 17.6 Å². The standard InChI is InChI=1S/C22H16F4/c1-2-3-4-14-6-10-18-17(11-14)9-8-16(21(18)25)7-5-15-12-19(23)22(26)20(24)13-15/h6,8-13H,2-4H2,1H3. The molecule has 0 amide bonds. The van der Waals surface area contributed by atoms with Crippen molar-refractivity contribution in [2.24, 2.45) is 0 Å². The van der Waals surface area contributed by atoms with Crippen LogP contribution in [0.15, 0.2) is 42.5 Å². The zero-order valence-corrected chi connectivity index (χ0v) is 14.2. The van der Waals surface area contributed by atoms with Crippen molar-refractivity contribution in [3.8, 4) is 11.8 Å². The molecule has 0 unspecified atom stereocenters. The fraction of sp³-hybridized carbons (Fsp3) is 0.182. The fourth-order valence-corrected chi connectivity index (χ4v) is 2.74. The van der Waals surface area contributed by atoms with Gasteiger partial charge in [0.25, 0.3) is 0 Å². The van der Waals surface area contributed by atoms with E-state index in [2.05, 4.69) is 18.8 Å². The van der Waals surface area contributed by atoms with Gasteiger partial charge in [-0.2, -0.15) is 0 Å². The van der Waals surface area contributed by atoms with Crippen LogP contribution in [0.1, 0.15) is 36.5 Å². The maximum absolute atomic E-state index is 14.7. The molecule has 0 heterocycles. The Hall–Kier alpha value is -2.80. The Morgan fingerprint density at radius 2 is 1.54 bits per heavy atom. The Kier molecular flexibility index (Phi) is 5.27. The Balaban J connectivity index is 1.96. The van der Waals surface area contributed by atoms with Gasteiger partial charge in [-0.15, -0.1) is 0 Å². The number of halogens is 4. The normalized spacial score (nSPS) is 10.7. The van der Waals surface area contributed by atoms with Gasteiger partial charge in [-0.05, 0) is 42.0 Å². The van der Waals surface area contributed by atoms with Crippen LogP contribution in [0.5, 0.6) is 0 Å². The van der Waals surface area contributed by atoms with Gasteiger partial charge in [0.1, 0.15) is 5.82 Å². The van der Waals surface area contributed by atoms with E-state index in [-0.39, 0.29) is 11.1 Å². The minimum atomic E-state index is -1.55. The molecule has 4 heteroatoms. The summed E-state index contributed by atoms with van der Waals surface area (Å²) in [5.74, 6) is 0.354. The van der Waals surface area contributed by atoms with Gasteiger partial charge in [0.15, 0.2) is 17.5 Å². The van der Waals surface area contributed by atoms with E-state index in [1.807, 2.05) is 12.1 Å². The van der Waals surface area contributed by atoms with Crippen molar-refractivity contribution in [2.75, 3.05) is 0 Å².